The van der Waals surface area contributed by atoms with Crippen LogP contribution in [0.1, 0.15) is 12.5 Å². The van der Waals surface area contributed by atoms with Gasteiger partial charge in [-0.25, -0.2) is 0 Å². The number of alkyl halides is 6. The number of benzene rings is 1. The Morgan fingerprint density at radius 2 is 1.85 bits per heavy atom. The van der Waals surface area contributed by atoms with Crippen molar-refractivity contribution in [1.82, 2.24) is 5.32 Å². The average Bonchev–Trinajstić information content (AvgIpc) is 2.25. The van der Waals surface area contributed by atoms with Gasteiger partial charge in [-0.05, 0) is 18.2 Å². The maximum Gasteiger partial charge on any atom is 0.416 e. The number of anilines is 1. The molecule has 1 aromatic carbocycles. The lowest BCUT2D eigenvalue weighted by molar-refractivity contribution is -0.137. The summed E-state index contributed by atoms with van der Waals surface area (Å²) in [5.41, 5.74) is -0.793. The molecule has 0 saturated carbocycles. The third-order valence-corrected chi connectivity index (χ3v) is 2.83. The molecule has 0 aliphatic heterocycles. The van der Waals surface area contributed by atoms with Gasteiger partial charge in [0.25, 0.3) is 0 Å². The Balaban J connectivity index is 2.97. The molecule has 1 amide bonds. The molecule has 2 N–H and O–H groups in total. The minimum Gasteiger partial charge on any atom is -0.362 e. The summed E-state index contributed by atoms with van der Waals surface area (Å²) in [4.78, 5) is 11.0. The molecule has 0 unspecified atom stereocenters. The third-order valence-electron chi connectivity index (χ3n) is 2.18. The number of nitrogens with one attached hydrogen (secondary N) is 2. The summed E-state index contributed by atoms with van der Waals surface area (Å²) >= 11 is 17.0. The monoisotopic (exact) mass is 348 g/mol. The summed E-state index contributed by atoms with van der Waals surface area (Å²) in [6, 6.07) is 4.33. The number of amides is 1. The van der Waals surface area contributed by atoms with Crippen molar-refractivity contribution in [1.29, 1.82) is 0 Å². The molecular formula is C11H10Cl3F3N2O. The number of carbonyl (C=O) groups excluding carboxylic acids is 1. The highest BCUT2D eigenvalue weighted by atomic mass is 35.6. The Bertz CT molecular complexity index is 489. The predicted octanol–water partition coefficient (Wildman–Crippen LogP) is 3.95. The minimum absolute atomic E-state index is 0.0601. The summed E-state index contributed by atoms with van der Waals surface area (Å²) in [5.74, 6) is -0.499. The Kier molecular flexibility index (Phi) is 5.40. The SMILES string of the molecule is CC(=O)N[C@H](Nc1cccc(C(F)(F)F)c1)C(Cl)(Cl)Cl. The van der Waals surface area contributed by atoms with E-state index in [4.69, 9.17) is 34.8 Å². The molecule has 0 aliphatic rings. The molecule has 20 heavy (non-hydrogen) atoms. The van der Waals surface area contributed by atoms with Crippen molar-refractivity contribution in [2.45, 2.75) is 23.1 Å². The first kappa shape index (κ1) is 17.2. The van der Waals surface area contributed by atoms with Gasteiger partial charge in [-0.3, -0.25) is 4.79 Å². The lowest BCUT2D eigenvalue weighted by Gasteiger charge is -2.27. The van der Waals surface area contributed by atoms with E-state index in [1.807, 2.05) is 0 Å². The van der Waals surface area contributed by atoms with E-state index < -0.39 is 27.6 Å². The van der Waals surface area contributed by atoms with Crippen LogP contribution in [0.15, 0.2) is 24.3 Å². The fourth-order valence-corrected chi connectivity index (χ4v) is 1.68. The molecule has 0 saturated heterocycles. The van der Waals surface area contributed by atoms with Crippen LogP contribution in [-0.4, -0.2) is 15.9 Å². The van der Waals surface area contributed by atoms with Gasteiger partial charge in [0.1, 0.15) is 6.17 Å². The van der Waals surface area contributed by atoms with Crippen LogP contribution in [-0.2, 0) is 11.0 Å². The van der Waals surface area contributed by atoms with Gasteiger partial charge in [-0.1, -0.05) is 40.9 Å². The van der Waals surface area contributed by atoms with Crippen molar-refractivity contribution in [2.24, 2.45) is 0 Å². The van der Waals surface area contributed by atoms with Gasteiger partial charge in [-0.15, -0.1) is 0 Å². The van der Waals surface area contributed by atoms with Crippen molar-refractivity contribution in [3.63, 3.8) is 0 Å². The van der Waals surface area contributed by atoms with E-state index in [0.717, 1.165) is 12.1 Å². The van der Waals surface area contributed by atoms with E-state index >= 15 is 0 Å². The fraction of sp³-hybridized carbons (Fsp3) is 0.364. The average molecular weight is 350 g/mol. The molecule has 112 valence electrons. The normalized spacial score (nSPS) is 13.8. The smallest absolute Gasteiger partial charge is 0.362 e. The molecule has 9 heteroatoms. The van der Waals surface area contributed by atoms with Gasteiger partial charge in [0.15, 0.2) is 0 Å². The van der Waals surface area contributed by atoms with Gasteiger partial charge in [0, 0.05) is 12.6 Å². The molecule has 3 nitrogen and oxygen atoms in total. The van der Waals surface area contributed by atoms with Crippen molar-refractivity contribution in [3.8, 4) is 0 Å². The van der Waals surface area contributed by atoms with Crippen LogP contribution in [0.25, 0.3) is 0 Å². The van der Waals surface area contributed by atoms with E-state index in [2.05, 4.69) is 10.6 Å². The van der Waals surface area contributed by atoms with E-state index in [9.17, 15) is 18.0 Å². The van der Waals surface area contributed by atoms with Crippen LogP contribution < -0.4 is 10.6 Å². The Hall–Kier alpha value is -0.850. The van der Waals surface area contributed by atoms with E-state index in [1.54, 1.807) is 0 Å². The molecule has 0 heterocycles. The van der Waals surface area contributed by atoms with Gasteiger partial charge in [-0.2, -0.15) is 13.2 Å². The van der Waals surface area contributed by atoms with Crippen LogP contribution in [0, 0.1) is 0 Å². The first-order chi connectivity index (χ1) is 9.00. The highest BCUT2D eigenvalue weighted by molar-refractivity contribution is 6.68. The molecule has 0 bridgehead atoms. The highest BCUT2D eigenvalue weighted by Gasteiger charge is 2.34. The number of hydrogen-bond donors (Lipinski definition) is 2. The van der Waals surface area contributed by atoms with Crippen molar-refractivity contribution >= 4 is 46.4 Å². The minimum atomic E-state index is -4.48. The molecule has 1 aromatic rings. The highest BCUT2D eigenvalue weighted by Crippen LogP contribution is 2.33. The van der Waals surface area contributed by atoms with E-state index in [0.29, 0.717) is 0 Å². The standard InChI is InChI=1S/C11H10Cl3F3N2O/c1-6(20)18-9(10(12,13)14)19-8-4-2-3-7(5-8)11(15,16)17/h2-5,9,19H,1H3,(H,18,20)/t9-/m1/s1. The fourth-order valence-electron chi connectivity index (χ4n) is 1.35. The second-order valence-electron chi connectivity index (χ2n) is 3.90. The van der Waals surface area contributed by atoms with E-state index in [1.165, 1.54) is 19.1 Å². The Morgan fingerprint density at radius 1 is 1.25 bits per heavy atom. The van der Waals surface area contributed by atoms with Gasteiger partial charge in [0.2, 0.25) is 9.70 Å². The summed E-state index contributed by atoms with van der Waals surface area (Å²) in [5, 5.41) is 4.83. The van der Waals surface area contributed by atoms with Crippen molar-refractivity contribution in [3.05, 3.63) is 29.8 Å². The zero-order chi connectivity index (χ0) is 15.6. The maximum atomic E-state index is 12.6. The zero-order valence-electron chi connectivity index (χ0n) is 10.1. The second kappa shape index (κ2) is 6.28. The Labute approximate surface area is 128 Å². The molecule has 1 atom stereocenters. The summed E-state index contributed by atoms with van der Waals surface area (Å²) in [7, 11) is 0. The number of halogens is 6. The lowest BCUT2D eigenvalue weighted by Crippen LogP contribution is -2.48. The van der Waals surface area contributed by atoms with Crippen molar-refractivity contribution in [2.75, 3.05) is 5.32 Å². The summed E-state index contributed by atoms with van der Waals surface area (Å²) < 4.78 is 35.8. The van der Waals surface area contributed by atoms with Crippen LogP contribution in [0.2, 0.25) is 0 Å². The largest absolute Gasteiger partial charge is 0.416 e. The summed E-state index contributed by atoms with van der Waals surface area (Å²) in [6.07, 6.45) is -5.66. The lowest BCUT2D eigenvalue weighted by atomic mass is 10.2. The molecule has 0 radical (unpaired) electrons. The first-order valence-electron chi connectivity index (χ1n) is 5.28. The molecule has 0 spiro atoms. The van der Waals surface area contributed by atoms with Crippen LogP contribution >= 0.6 is 34.8 Å². The molecular weight excluding hydrogens is 339 g/mol. The molecule has 1 rings (SSSR count). The maximum absolute atomic E-state index is 12.6. The quantitative estimate of drug-likeness (QED) is 0.641. The van der Waals surface area contributed by atoms with Gasteiger partial charge in [0.05, 0.1) is 5.56 Å². The first-order valence-corrected chi connectivity index (χ1v) is 6.41. The summed E-state index contributed by atoms with van der Waals surface area (Å²) in [6.45, 7) is 1.19. The number of rotatable bonds is 3. The van der Waals surface area contributed by atoms with E-state index in [-0.39, 0.29) is 5.69 Å². The molecule has 0 fully saturated rings. The third kappa shape index (κ3) is 5.26. The van der Waals surface area contributed by atoms with Crippen LogP contribution in [0.3, 0.4) is 0 Å². The number of carbonyl (C=O) groups is 1. The van der Waals surface area contributed by atoms with Crippen LogP contribution in [0.5, 0.6) is 0 Å². The number of hydrogen-bond acceptors (Lipinski definition) is 2. The second-order valence-corrected chi connectivity index (χ2v) is 6.27. The van der Waals surface area contributed by atoms with Gasteiger partial charge < -0.3 is 10.6 Å². The topological polar surface area (TPSA) is 41.1 Å². The zero-order valence-corrected chi connectivity index (χ0v) is 12.3. The molecule has 0 aromatic heterocycles. The van der Waals surface area contributed by atoms with Crippen LogP contribution in [0.4, 0.5) is 18.9 Å². The molecule has 0 aliphatic carbocycles. The Morgan fingerprint density at radius 3 is 2.30 bits per heavy atom. The van der Waals surface area contributed by atoms with Gasteiger partial charge >= 0.3 is 6.18 Å². The predicted molar refractivity (Wildman–Crippen MR) is 73.0 cm³/mol. The van der Waals surface area contributed by atoms with Crippen molar-refractivity contribution < 1.29 is 18.0 Å².